The molecule has 0 saturated carbocycles. The molecule has 9 nitrogen and oxygen atoms in total. The highest BCUT2D eigenvalue weighted by Crippen LogP contribution is 2.29. The highest BCUT2D eigenvalue weighted by atomic mass is 35.5. The van der Waals surface area contributed by atoms with E-state index in [1.807, 2.05) is 36.4 Å². The van der Waals surface area contributed by atoms with Crippen molar-refractivity contribution in [3.05, 3.63) is 59.1 Å². The first-order valence-corrected chi connectivity index (χ1v) is 12.4. The maximum absolute atomic E-state index is 11.3. The lowest BCUT2D eigenvalue weighted by molar-refractivity contribution is -0.192. The van der Waals surface area contributed by atoms with E-state index in [2.05, 4.69) is 32.6 Å². The van der Waals surface area contributed by atoms with E-state index in [1.54, 1.807) is 0 Å². The molecule has 2 amide bonds. The number of carbonyl (C=O) groups is 2. The third-order valence-corrected chi connectivity index (χ3v) is 6.64. The van der Waals surface area contributed by atoms with Gasteiger partial charge in [-0.25, -0.2) is 9.59 Å². The Bertz CT molecular complexity index is 1080. The van der Waals surface area contributed by atoms with Gasteiger partial charge in [-0.1, -0.05) is 35.9 Å². The van der Waals surface area contributed by atoms with Gasteiger partial charge in [0.15, 0.2) is 0 Å². The Morgan fingerprint density at radius 3 is 2.24 bits per heavy atom. The Balaban J connectivity index is 0.000000505. The normalized spacial score (nSPS) is 20.5. The number of primary amides is 1. The molecule has 1 unspecified atom stereocenters. The molecular weight excluding hydrogens is 527 g/mol. The summed E-state index contributed by atoms with van der Waals surface area (Å²) in [6.07, 6.45) is -3.44. The zero-order valence-electron chi connectivity index (χ0n) is 20.5. The number of nitrogens with one attached hydrogen (secondary N) is 2. The first kappa shape index (κ1) is 29.5. The van der Waals surface area contributed by atoms with E-state index in [9.17, 15) is 23.1 Å². The quantitative estimate of drug-likeness (QED) is 0.368. The number of hydrogen-bond donors (Lipinski definition) is 5. The number of amides is 2. The van der Waals surface area contributed by atoms with Crippen LogP contribution in [0.2, 0.25) is 5.02 Å². The Hall–Kier alpha value is -3.06. The number of aliphatic carboxylic acids is 1. The second-order valence-corrected chi connectivity index (χ2v) is 9.67. The second-order valence-electron chi connectivity index (χ2n) is 9.23. The predicted molar refractivity (Wildman–Crippen MR) is 138 cm³/mol. The van der Waals surface area contributed by atoms with Gasteiger partial charge in [-0.3, -0.25) is 4.90 Å². The lowest BCUT2D eigenvalue weighted by Gasteiger charge is -2.34. The number of β-amino-alcohol motifs (C(OH)–C–C–N with tert-alkyl or cyclic N) is 1. The van der Waals surface area contributed by atoms with Crippen LogP contribution in [0.15, 0.2) is 48.5 Å². The number of likely N-dealkylation sites (tertiary alicyclic amines) is 1. The summed E-state index contributed by atoms with van der Waals surface area (Å²) in [7, 11) is 0. The molecule has 4 rings (SSSR count). The third kappa shape index (κ3) is 8.76. The largest absolute Gasteiger partial charge is 0.490 e. The number of nitrogens with zero attached hydrogens (tertiary/aromatic N) is 2. The molecule has 0 bridgehead atoms. The summed E-state index contributed by atoms with van der Waals surface area (Å²) in [5, 5.41) is 24.9. The number of halogens is 4. The van der Waals surface area contributed by atoms with Gasteiger partial charge in [0.1, 0.15) is 0 Å². The summed E-state index contributed by atoms with van der Waals surface area (Å²) in [5.74, 6) is -2.76. The fraction of sp³-hybridized carbons (Fsp3) is 0.440. The van der Waals surface area contributed by atoms with Gasteiger partial charge in [-0.2, -0.15) is 13.2 Å². The number of nitrogens with two attached hydrogens (primary N) is 1. The number of carboxylic acid groups (broad SMARTS) is 1. The molecule has 2 saturated heterocycles. The maximum Gasteiger partial charge on any atom is 0.490 e. The van der Waals surface area contributed by atoms with Gasteiger partial charge in [0, 0.05) is 30.7 Å². The number of anilines is 2. The van der Waals surface area contributed by atoms with Crippen LogP contribution in [0.5, 0.6) is 0 Å². The number of urea groups is 1. The molecule has 2 aliphatic rings. The van der Waals surface area contributed by atoms with Crippen molar-refractivity contribution in [2.24, 2.45) is 5.73 Å². The second kappa shape index (κ2) is 13.1. The van der Waals surface area contributed by atoms with Crippen LogP contribution in [0.1, 0.15) is 18.4 Å². The number of alkyl halides is 3. The van der Waals surface area contributed by atoms with E-state index >= 15 is 0 Å². The zero-order chi connectivity index (χ0) is 27.9. The Morgan fingerprint density at radius 1 is 1.05 bits per heavy atom. The van der Waals surface area contributed by atoms with Crippen LogP contribution < -0.4 is 21.3 Å². The van der Waals surface area contributed by atoms with Crippen molar-refractivity contribution >= 4 is 35.0 Å². The number of hydrogen-bond acceptors (Lipinski definition) is 6. The number of carboxylic acids is 1. The van der Waals surface area contributed by atoms with Gasteiger partial charge in [0.05, 0.1) is 23.5 Å². The lowest BCUT2D eigenvalue weighted by atomic mass is 10.0. The van der Waals surface area contributed by atoms with E-state index in [4.69, 9.17) is 27.2 Å². The van der Waals surface area contributed by atoms with Crippen molar-refractivity contribution in [1.82, 2.24) is 10.2 Å². The summed E-state index contributed by atoms with van der Waals surface area (Å²) in [6, 6.07) is 15.4. The average Bonchev–Trinajstić information content (AvgIpc) is 3.21. The van der Waals surface area contributed by atoms with E-state index in [1.165, 1.54) is 5.56 Å². The van der Waals surface area contributed by atoms with Gasteiger partial charge < -0.3 is 31.5 Å². The molecule has 38 heavy (non-hydrogen) atoms. The van der Waals surface area contributed by atoms with Crippen LogP contribution >= 0.6 is 11.6 Å². The minimum atomic E-state index is -5.08. The molecule has 2 aromatic carbocycles. The number of aliphatic hydroxyl groups is 1. The molecule has 0 radical (unpaired) electrons. The number of para-hydroxylation sites is 2. The van der Waals surface area contributed by atoms with Crippen molar-refractivity contribution in [1.29, 1.82) is 0 Å². The SMILES string of the molecule is NC(=O)Nc1ccccc1N1CC(NC2CCN(Cc3ccc(Cl)cc3)CC2)[C@H](O)C1.O=C(O)C(F)(F)F. The van der Waals surface area contributed by atoms with Gasteiger partial charge in [-0.05, 0) is 55.8 Å². The van der Waals surface area contributed by atoms with Crippen LogP contribution in [0.25, 0.3) is 0 Å². The van der Waals surface area contributed by atoms with Crippen molar-refractivity contribution in [3.63, 3.8) is 0 Å². The molecule has 6 N–H and O–H groups in total. The number of benzene rings is 2. The summed E-state index contributed by atoms with van der Waals surface area (Å²) < 4.78 is 31.7. The summed E-state index contributed by atoms with van der Waals surface area (Å²) >= 11 is 5.98. The maximum atomic E-state index is 11.3. The van der Waals surface area contributed by atoms with Gasteiger partial charge in [-0.15, -0.1) is 0 Å². The minimum absolute atomic E-state index is 0.00514. The predicted octanol–water partition coefficient (Wildman–Crippen LogP) is 3.27. The minimum Gasteiger partial charge on any atom is -0.475 e. The van der Waals surface area contributed by atoms with Gasteiger partial charge >= 0.3 is 18.2 Å². The molecule has 0 aromatic heterocycles. The molecule has 2 atom stereocenters. The van der Waals surface area contributed by atoms with Crippen molar-refractivity contribution in [3.8, 4) is 0 Å². The Kier molecular flexibility index (Phi) is 10.2. The smallest absolute Gasteiger partial charge is 0.475 e. The molecule has 208 valence electrons. The van der Waals surface area contributed by atoms with E-state index in [-0.39, 0.29) is 6.04 Å². The number of aliphatic hydroxyl groups excluding tert-OH is 1. The van der Waals surface area contributed by atoms with E-state index < -0.39 is 24.3 Å². The molecule has 2 aliphatic heterocycles. The molecule has 2 fully saturated rings. The Morgan fingerprint density at radius 2 is 1.66 bits per heavy atom. The van der Waals surface area contributed by atoms with Crippen molar-refractivity contribution in [2.45, 2.75) is 43.8 Å². The molecule has 0 spiro atoms. The topological polar surface area (TPSA) is 131 Å². The summed E-state index contributed by atoms with van der Waals surface area (Å²) in [5.41, 5.74) is 8.12. The van der Waals surface area contributed by atoms with E-state index in [0.717, 1.165) is 43.2 Å². The first-order valence-electron chi connectivity index (χ1n) is 12.0. The molecule has 2 heterocycles. The summed E-state index contributed by atoms with van der Waals surface area (Å²) in [6.45, 7) is 4.19. The molecular formula is C25H31ClF3N5O4. The van der Waals surface area contributed by atoms with Crippen LogP contribution in [-0.2, 0) is 11.3 Å². The van der Waals surface area contributed by atoms with Crippen LogP contribution in [0, 0.1) is 0 Å². The van der Waals surface area contributed by atoms with Crippen LogP contribution in [0.3, 0.4) is 0 Å². The van der Waals surface area contributed by atoms with Gasteiger partial charge in [0.25, 0.3) is 0 Å². The van der Waals surface area contributed by atoms with Crippen LogP contribution in [-0.4, -0.2) is 77.7 Å². The molecule has 2 aromatic rings. The standard InChI is InChI=1S/C23H30ClN5O2.C2HF3O2/c24-17-7-5-16(6-8-17)13-28-11-9-18(10-12-28)26-20-14-29(15-22(20)30)21-4-2-1-3-19(21)27-23(25)31;3-2(4,5)1(6)7/h1-8,18,20,22,26,30H,9-15H2,(H3,25,27,31);(H,6,7)/t20?,22-;/m1./s1. The lowest BCUT2D eigenvalue weighted by Crippen LogP contribution is -2.49. The van der Waals surface area contributed by atoms with E-state index in [0.29, 0.717) is 24.8 Å². The monoisotopic (exact) mass is 557 g/mol. The van der Waals surface area contributed by atoms with Crippen LogP contribution in [0.4, 0.5) is 29.3 Å². The number of rotatable bonds is 6. The van der Waals surface area contributed by atoms with Crippen molar-refractivity contribution < 1.29 is 33.0 Å². The number of piperidine rings is 1. The molecule has 13 heteroatoms. The fourth-order valence-corrected chi connectivity index (χ4v) is 4.67. The Labute approximate surface area is 223 Å². The fourth-order valence-electron chi connectivity index (χ4n) is 4.54. The average molecular weight is 558 g/mol. The first-order chi connectivity index (χ1) is 17.9. The number of carbonyl (C=O) groups excluding carboxylic acids is 1. The van der Waals surface area contributed by atoms with Crippen molar-refractivity contribution in [2.75, 3.05) is 36.4 Å². The summed E-state index contributed by atoms with van der Waals surface area (Å²) in [4.78, 5) is 24.8. The highest BCUT2D eigenvalue weighted by Gasteiger charge is 2.38. The highest BCUT2D eigenvalue weighted by molar-refractivity contribution is 6.30. The third-order valence-electron chi connectivity index (χ3n) is 6.39. The van der Waals surface area contributed by atoms with Gasteiger partial charge in [0.2, 0.25) is 0 Å². The zero-order valence-corrected chi connectivity index (χ0v) is 21.3. The molecule has 0 aliphatic carbocycles.